The number of nitrogens with two attached hydrogens (primary N) is 1. The number of allylic oxidation sites excluding steroid dienone is 1. The van der Waals surface area contributed by atoms with Crippen LogP contribution in [0.5, 0.6) is 0 Å². The first-order valence-corrected chi connectivity index (χ1v) is 6.45. The van der Waals surface area contributed by atoms with E-state index >= 15 is 0 Å². The number of rotatable bonds is 1. The minimum atomic E-state index is -0.535. The Morgan fingerprint density at radius 2 is 1.88 bits per heavy atom. The lowest BCUT2D eigenvalue weighted by Gasteiger charge is -2.20. The molecule has 1 nitrogen and oxygen atoms in total. The van der Waals surface area contributed by atoms with Crippen LogP contribution in [-0.4, -0.2) is 6.04 Å². The van der Waals surface area contributed by atoms with Gasteiger partial charge in [-0.1, -0.05) is 5.57 Å². The minimum absolute atomic E-state index is 0.0462. The summed E-state index contributed by atoms with van der Waals surface area (Å²) < 4.78 is 27.6. The zero-order valence-corrected chi connectivity index (χ0v) is 10.9. The molecule has 0 aromatic heterocycles. The highest BCUT2D eigenvalue weighted by atomic mass is 79.9. The molecule has 92 valence electrons. The lowest BCUT2D eigenvalue weighted by molar-refractivity contribution is 0.513. The SMILES string of the molecule is NC1CCC(=Cc2c(F)ccc(Br)c2F)CC1. The van der Waals surface area contributed by atoms with E-state index < -0.39 is 11.6 Å². The Hall–Kier alpha value is -0.740. The first-order valence-electron chi connectivity index (χ1n) is 5.66. The molecule has 0 saturated heterocycles. The van der Waals surface area contributed by atoms with Gasteiger partial charge in [-0.05, 0) is 59.8 Å². The average Bonchev–Trinajstić information content (AvgIpc) is 2.32. The molecule has 1 aliphatic carbocycles. The van der Waals surface area contributed by atoms with E-state index in [0.29, 0.717) is 4.47 Å². The molecular formula is C13H14BrF2N. The highest BCUT2D eigenvalue weighted by molar-refractivity contribution is 9.10. The highest BCUT2D eigenvalue weighted by Gasteiger charge is 2.15. The summed E-state index contributed by atoms with van der Waals surface area (Å²) in [5.41, 5.74) is 6.91. The Labute approximate surface area is 108 Å². The van der Waals surface area contributed by atoms with Crippen LogP contribution in [0.15, 0.2) is 22.2 Å². The van der Waals surface area contributed by atoms with Gasteiger partial charge in [0.2, 0.25) is 0 Å². The van der Waals surface area contributed by atoms with Gasteiger partial charge >= 0.3 is 0 Å². The fraction of sp³-hybridized carbons (Fsp3) is 0.385. The molecule has 0 atom stereocenters. The van der Waals surface area contributed by atoms with Gasteiger partial charge in [-0.2, -0.15) is 0 Å². The normalized spacial score (nSPS) is 20.5. The van der Waals surface area contributed by atoms with Crippen LogP contribution in [0.25, 0.3) is 6.08 Å². The van der Waals surface area contributed by atoms with Crippen LogP contribution in [0.1, 0.15) is 31.2 Å². The quantitative estimate of drug-likeness (QED) is 0.779. The van der Waals surface area contributed by atoms with Crippen LogP contribution in [0.3, 0.4) is 0 Å². The van der Waals surface area contributed by atoms with E-state index in [9.17, 15) is 8.78 Å². The molecule has 1 aliphatic rings. The Bertz CT molecular complexity index is 447. The van der Waals surface area contributed by atoms with Crippen LogP contribution in [-0.2, 0) is 0 Å². The van der Waals surface area contributed by atoms with E-state index in [-0.39, 0.29) is 11.6 Å². The summed E-state index contributed by atoms with van der Waals surface area (Å²) in [5, 5.41) is 0. The van der Waals surface area contributed by atoms with Crippen molar-refractivity contribution in [1.82, 2.24) is 0 Å². The second kappa shape index (κ2) is 5.27. The lowest BCUT2D eigenvalue weighted by Crippen LogP contribution is -2.23. The topological polar surface area (TPSA) is 26.0 Å². The van der Waals surface area contributed by atoms with Crippen molar-refractivity contribution in [1.29, 1.82) is 0 Å². The summed E-state index contributed by atoms with van der Waals surface area (Å²) in [6.07, 6.45) is 5.06. The van der Waals surface area contributed by atoms with Crippen molar-refractivity contribution in [3.63, 3.8) is 0 Å². The Morgan fingerprint density at radius 3 is 2.53 bits per heavy atom. The molecule has 2 N–H and O–H groups in total. The summed E-state index contributed by atoms with van der Waals surface area (Å²) in [4.78, 5) is 0. The third-order valence-electron chi connectivity index (χ3n) is 3.10. The Balaban J connectivity index is 2.29. The van der Waals surface area contributed by atoms with Crippen molar-refractivity contribution in [2.24, 2.45) is 5.73 Å². The van der Waals surface area contributed by atoms with Crippen molar-refractivity contribution in [2.75, 3.05) is 0 Å². The predicted molar refractivity (Wildman–Crippen MR) is 68.5 cm³/mol. The monoisotopic (exact) mass is 301 g/mol. The van der Waals surface area contributed by atoms with Crippen LogP contribution >= 0.6 is 15.9 Å². The van der Waals surface area contributed by atoms with Crippen molar-refractivity contribution in [3.8, 4) is 0 Å². The maximum atomic E-state index is 13.7. The Kier molecular flexibility index (Phi) is 3.94. The van der Waals surface area contributed by atoms with Gasteiger partial charge in [0.05, 0.1) is 4.47 Å². The molecule has 2 rings (SSSR count). The van der Waals surface area contributed by atoms with Gasteiger partial charge in [0, 0.05) is 11.6 Å². The standard InChI is InChI=1S/C13H14BrF2N/c14-11-5-6-12(15)10(13(11)16)7-8-1-3-9(17)4-2-8/h5-7,9H,1-4,17H2. The Morgan fingerprint density at radius 1 is 1.24 bits per heavy atom. The molecule has 0 heterocycles. The van der Waals surface area contributed by atoms with Crippen LogP contribution in [0, 0.1) is 11.6 Å². The molecule has 0 radical (unpaired) electrons. The van der Waals surface area contributed by atoms with Crippen molar-refractivity contribution >= 4 is 22.0 Å². The smallest absolute Gasteiger partial charge is 0.147 e. The van der Waals surface area contributed by atoms with E-state index in [1.165, 1.54) is 12.1 Å². The van der Waals surface area contributed by atoms with E-state index in [0.717, 1.165) is 31.3 Å². The van der Waals surface area contributed by atoms with Crippen LogP contribution in [0.4, 0.5) is 8.78 Å². The molecule has 4 heteroatoms. The van der Waals surface area contributed by atoms with Gasteiger partial charge in [-0.3, -0.25) is 0 Å². The highest BCUT2D eigenvalue weighted by Crippen LogP contribution is 2.28. The number of benzene rings is 1. The van der Waals surface area contributed by atoms with Gasteiger partial charge in [-0.15, -0.1) is 0 Å². The molecular weight excluding hydrogens is 288 g/mol. The van der Waals surface area contributed by atoms with Crippen molar-refractivity contribution in [3.05, 3.63) is 39.4 Å². The first kappa shape index (κ1) is 12.7. The third kappa shape index (κ3) is 2.93. The summed E-state index contributed by atoms with van der Waals surface area (Å²) in [5.74, 6) is -1.06. The fourth-order valence-electron chi connectivity index (χ4n) is 2.03. The zero-order valence-electron chi connectivity index (χ0n) is 9.35. The van der Waals surface area contributed by atoms with Crippen LogP contribution < -0.4 is 5.73 Å². The van der Waals surface area contributed by atoms with Gasteiger partial charge < -0.3 is 5.73 Å². The first-order chi connectivity index (χ1) is 8.08. The van der Waals surface area contributed by atoms with E-state index in [4.69, 9.17) is 5.73 Å². The van der Waals surface area contributed by atoms with Crippen molar-refractivity contribution in [2.45, 2.75) is 31.7 Å². The summed E-state index contributed by atoms with van der Waals surface area (Å²) >= 11 is 3.06. The molecule has 1 aromatic rings. The maximum absolute atomic E-state index is 13.7. The maximum Gasteiger partial charge on any atom is 0.147 e. The third-order valence-corrected chi connectivity index (χ3v) is 3.71. The number of hydrogen-bond acceptors (Lipinski definition) is 1. The second-order valence-electron chi connectivity index (χ2n) is 4.40. The molecule has 0 bridgehead atoms. The van der Waals surface area contributed by atoms with Gasteiger partial charge in [0.1, 0.15) is 11.6 Å². The average molecular weight is 302 g/mol. The summed E-state index contributed by atoms with van der Waals surface area (Å²) in [7, 11) is 0. The fourth-order valence-corrected chi connectivity index (χ4v) is 2.38. The molecule has 1 aromatic carbocycles. The van der Waals surface area contributed by atoms with E-state index in [1.54, 1.807) is 6.08 Å². The van der Waals surface area contributed by atoms with Gasteiger partial charge in [-0.25, -0.2) is 8.78 Å². The van der Waals surface area contributed by atoms with Crippen LogP contribution in [0.2, 0.25) is 0 Å². The van der Waals surface area contributed by atoms with E-state index in [2.05, 4.69) is 15.9 Å². The molecule has 0 spiro atoms. The molecule has 0 amide bonds. The number of halogens is 3. The van der Waals surface area contributed by atoms with Gasteiger partial charge in [0.25, 0.3) is 0 Å². The molecule has 1 fully saturated rings. The summed E-state index contributed by atoms with van der Waals surface area (Å²) in [6, 6.07) is 2.88. The second-order valence-corrected chi connectivity index (χ2v) is 5.25. The van der Waals surface area contributed by atoms with Gasteiger partial charge in [0.15, 0.2) is 0 Å². The summed E-state index contributed by atoms with van der Waals surface area (Å²) in [6.45, 7) is 0. The predicted octanol–water partition coefficient (Wildman–Crippen LogP) is 4.01. The van der Waals surface area contributed by atoms with E-state index in [1.807, 2.05) is 0 Å². The number of hydrogen-bond donors (Lipinski definition) is 1. The molecule has 1 saturated carbocycles. The molecule has 0 unspecified atom stereocenters. The lowest BCUT2D eigenvalue weighted by atomic mass is 9.90. The zero-order chi connectivity index (χ0) is 12.4. The molecule has 17 heavy (non-hydrogen) atoms. The molecule has 0 aliphatic heterocycles. The largest absolute Gasteiger partial charge is 0.328 e. The van der Waals surface area contributed by atoms with Crippen molar-refractivity contribution < 1.29 is 8.78 Å². The minimum Gasteiger partial charge on any atom is -0.328 e.